The molecule has 3 aromatic rings. The van der Waals surface area contributed by atoms with Crippen LogP contribution in [0.3, 0.4) is 0 Å². The second kappa shape index (κ2) is 9.86. The third-order valence-corrected chi connectivity index (χ3v) is 7.92. The van der Waals surface area contributed by atoms with Gasteiger partial charge in [-0.1, -0.05) is 72.3 Å². The summed E-state index contributed by atoms with van der Waals surface area (Å²) in [5.74, 6) is -0.572. The van der Waals surface area contributed by atoms with Gasteiger partial charge in [0.15, 0.2) is 0 Å². The predicted molar refractivity (Wildman–Crippen MR) is 126 cm³/mol. The van der Waals surface area contributed by atoms with E-state index in [2.05, 4.69) is 5.32 Å². The lowest BCUT2D eigenvalue weighted by Gasteiger charge is -2.38. The number of nitrogens with one attached hydrogen (secondary N) is 1. The fourth-order valence-corrected chi connectivity index (χ4v) is 6.06. The van der Waals surface area contributed by atoms with Crippen LogP contribution >= 0.6 is 11.6 Å². The second-order valence-electron chi connectivity index (χ2n) is 7.94. The molecule has 0 spiro atoms. The van der Waals surface area contributed by atoms with E-state index in [-0.39, 0.29) is 23.4 Å². The summed E-state index contributed by atoms with van der Waals surface area (Å²) < 4.78 is 28.6. The largest absolute Gasteiger partial charge is 0.352 e. The Morgan fingerprint density at radius 1 is 0.938 bits per heavy atom. The van der Waals surface area contributed by atoms with E-state index in [0.717, 1.165) is 11.1 Å². The molecule has 5 nitrogen and oxygen atoms in total. The predicted octanol–water partition coefficient (Wildman–Crippen LogP) is 4.80. The van der Waals surface area contributed by atoms with Gasteiger partial charge in [0, 0.05) is 18.1 Å². The Morgan fingerprint density at radius 2 is 1.62 bits per heavy atom. The number of benzene rings is 3. The van der Waals surface area contributed by atoms with E-state index in [1.807, 2.05) is 42.5 Å². The van der Waals surface area contributed by atoms with Crippen LogP contribution in [-0.4, -0.2) is 25.2 Å². The highest BCUT2D eigenvalue weighted by Crippen LogP contribution is 2.37. The summed E-state index contributed by atoms with van der Waals surface area (Å²) in [5.41, 5.74) is 1.84. The molecule has 4 rings (SSSR count). The highest BCUT2D eigenvalue weighted by atomic mass is 35.5. The lowest BCUT2D eigenvalue weighted by Crippen LogP contribution is -2.46. The zero-order valence-electron chi connectivity index (χ0n) is 17.5. The van der Waals surface area contributed by atoms with Crippen molar-refractivity contribution in [3.63, 3.8) is 0 Å². The SMILES string of the molecule is O=C(NCc1cccc(Cl)c1)C1CCC(c2ccccc2)N(S(=O)(=O)c2ccccc2)C1. The van der Waals surface area contributed by atoms with Gasteiger partial charge in [-0.15, -0.1) is 0 Å². The molecule has 2 atom stereocenters. The van der Waals surface area contributed by atoms with Gasteiger partial charge < -0.3 is 5.32 Å². The number of carbonyl (C=O) groups is 1. The molecule has 1 amide bonds. The maximum Gasteiger partial charge on any atom is 0.243 e. The van der Waals surface area contributed by atoms with E-state index in [1.165, 1.54) is 4.31 Å². The van der Waals surface area contributed by atoms with E-state index in [1.54, 1.807) is 42.5 Å². The van der Waals surface area contributed by atoms with Gasteiger partial charge >= 0.3 is 0 Å². The molecule has 3 aromatic carbocycles. The Kier molecular flexibility index (Phi) is 6.94. The quantitative estimate of drug-likeness (QED) is 0.565. The van der Waals surface area contributed by atoms with Gasteiger partial charge in [0.05, 0.1) is 16.9 Å². The number of hydrogen-bond acceptors (Lipinski definition) is 3. The summed E-state index contributed by atoms with van der Waals surface area (Å²) in [6.45, 7) is 0.488. The number of hydrogen-bond donors (Lipinski definition) is 1. The third-order valence-electron chi connectivity index (χ3n) is 5.80. The van der Waals surface area contributed by atoms with Crippen LogP contribution in [0.15, 0.2) is 89.8 Å². The molecule has 1 heterocycles. The Morgan fingerprint density at radius 3 is 2.31 bits per heavy atom. The van der Waals surface area contributed by atoms with Crippen molar-refractivity contribution in [1.29, 1.82) is 0 Å². The minimum atomic E-state index is -3.76. The minimum absolute atomic E-state index is 0.137. The molecule has 0 aliphatic carbocycles. The number of sulfonamides is 1. The maximum atomic E-state index is 13.5. The standard InChI is InChI=1S/C25H25ClN2O3S/c26-22-11-7-8-19(16-22)17-27-25(29)21-14-15-24(20-9-3-1-4-10-20)28(18-21)32(30,31)23-12-5-2-6-13-23/h1-13,16,21,24H,14-15,17-18H2,(H,27,29). The number of carbonyl (C=O) groups excluding carboxylic acids is 1. The first-order valence-corrected chi connectivity index (χ1v) is 12.4. The molecule has 1 saturated heterocycles. The number of piperidine rings is 1. The number of halogens is 1. The van der Waals surface area contributed by atoms with Gasteiger partial charge in [0.2, 0.25) is 15.9 Å². The Labute approximate surface area is 194 Å². The normalized spacial score (nSPS) is 19.4. The second-order valence-corrected chi connectivity index (χ2v) is 10.3. The molecule has 1 aliphatic rings. The Bertz CT molecular complexity index is 1170. The molecule has 166 valence electrons. The first kappa shape index (κ1) is 22.5. The zero-order chi connectivity index (χ0) is 22.6. The lowest BCUT2D eigenvalue weighted by molar-refractivity contribution is -0.126. The summed E-state index contributed by atoms with van der Waals surface area (Å²) in [4.78, 5) is 13.2. The highest BCUT2D eigenvalue weighted by Gasteiger charge is 2.39. The smallest absolute Gasteiger partial charge is 0.243 e. The Hall–Kier alpha value is -2.67. The van der Waals surface area contributed by atoms with E-state index in [9.17, 15) is 13.2 Å². The maximum absolute atomic E-state index is 13.5. The summed E-state index contributed by atoms with van der Waals surface area (Å²) in [6, 6.07) is 25.0. The summed E-state index contributed by atoms with van der Waals surface area (Å²) in [5, 5.41) is 3.55. The van der Waals surface area contributed by atoms with Crippen LogP contribution in [0.2, 0.25) is 5.02 Å². The molecule has 2 unspecified atom stereocenters. The van der Waals surface area contributed by atoms with Crippen LogP contribution in [0.5, 0.6) is 0 Å². The van der Waals surface area contributed by atoms with E-state index in [4.69, 9.17) is 11.6 Å². The Balaban J connectivity index is 1.56. The van der Waals surface area contributed by atoms with Gasteiger partial charge in [0.25, 0.3) is 0 Å². The van der Waals surface area contributed by atoms with Crippen LogP contribution in [-0.2, 0) is 21.4 Å². The van der Waals surface area contributed by atoms with E-state index in [0.29, 0.717) is 24.4 Å². The van der Waals surface area contributed by atoms with Crippen molar-refractivity contribution in [3.05, 3.63) is 101 Å². The highest BCUT2D eigenvalue weighted by molar-refractivity contribution is 7.89. The van der Waals surface area contributed by atoms with Crippen LogP contribution in [0.25, 0.3) is 0 Å². The van der Waals surface area contributed by atoms with Crippen LogP contribution in [0.1, 0.15) is 30.0 Å². The van der Waals surface area contributed by atoms with Gasteiger partial charge in [-0.2, -0.15) is 4.31 Å². The fraction of sp³-hybridized carbons (Fsp3) is 0.240. The molecule has 32 heavy (non-hydrogen) atoms. The lowest BCUT2D eigenvalue weighted by atomic mass is 9.90. The van der Waals surface area contributed by atoms with Crippen LogP contribution < -0.4 is 5.32 Å². The first-order chi connectivity index (χ1) is 15.4. The molecule has 0 radical (unpaired) electrons. The van der Waals surface area contributed by atoms with E-state index >= 15 is 0 Å². The summed E-state index contributed by atoms with van der Waals surface area (Å²) >= 11 is 6.02. The van der Waals surface area contributed by atoms with Gasteiger partial charge in [-0.25, -0.2) is 8.42 Å². The molecule has 0 bridgehead atoms. The molecule has 0 saturated carbocycles. The van der Waals surface area contributed by atoms with Crippen molar-refractivity contribution in [1.82, 2.24) is 9.62 Å². The molecular weight excluding hydrogens is 444 g/mol. The number of amides is 1. The minimum Gasteiger partial charge on any atom is -0.352 e. The number of rotatable bonds is 6. The van der Waals surface area contributed by atoms with Gasteiger partial charge in [-0.3, -0.25) is 4.79 Å². The molecule has 1 aliphatic heterocycles. The summed E-state index contributed by atoms with van der Waals surface area (Å²) in [6.07, 6.45) is 1.19. The fourth-order valence-electron chi connectivity index (χ4n) is 4.13. The van der Waals surface area contributed by atoms with Crippen molar-refractivity contribution in [2.45, 2.75) is 30.3 Å². The number of nitrogens with zero attached hydrogens (tertiary/aromatic N) is 1. The van der Waals surface area contributed by atoms with Crippen LogP contribution in [0, 0.1) is 5.92 Å². The average molecular weight is 469 g/mol. The van der Waals surface area contributed by atoms with Gasteiger partial charge in [0.1, 0.15) is 0 Å². The average Bonchev–Trinajstić information content (AvgIpc) is 2.83. The van der Waals surface area contributed by atoms with Crippen molar-refractivity contribution in [2.75, 3.05) is 6.54 Å². The van der Waals surface area contributed by atoms with Gasteiger partial charge in [-0.05, 0) is 48.2 Å². The monoisotopic (exact) mass is 468 g/mol. The third kappa shape index (κ3) is 5.04. The van der Waals surface area contributed by atoms with Crippen molar-refractivity contribution in [2.24, 2.45) is 5.92 Å². The summed E-state index contributed by atoms with van der Waals surface area (Å²) in [7, 11) is -3.76. The van der Waals surface area contributed by atoms with E-state index < -0.39 is 15.9 Å². The molecule has 0 aromatic heterocycles. The zero-order valence-corrected chi connectivity index (χ0v) is 19.1. The van der Waals surface area contributed by atoms with Crippen molar-refractivity contribution in [3.8, 4) is 0 Å². The first-order valence-electron chi connectivity index (χ1n) is 10.6. The molecule has 1 fully saturated rings. The molecule has 1 N–H and O–H groups in total. The molecular formula is C25H25ClN2O3S. The molecule has 7 heteroatoms. The van der Waals surface area contributed by atoms with Crippen molar-refractivity contribution < 1.29 is 13.2 Å². The van der Waals surface area contributed by atoms with Crippen LogP contribution in [0.4, 0.5) is 0 Å². The topological polar surface area (TPSA) is 66.5 Å². The van der Waals surface area contributed by atoms with Crippen molar-refractivity contribution >= 4 is 27.5 Å².